The van der Waals surface area contributed by atoms with E-state index in [-0.39, 0.29) is 0 Å². The number of carbonyl (C=O) groups excluding carboxylic acids is 1. The lowest BCUT2D eigenvalue weighted by atomic mass is 10.0. The standard InChI is InChI=1S/C12H12O/c1-7(13)11-10-6-8-4-2-3-5-9(8)12(10)11/h2-5,10-12H,6H2,1H3. The lowest BCUT2D eigenvalue weighted by Crippen LogP contribution is -2.01. The molecule has 0 aliphatic heterocycles. The molecule has 1 nitrogen and oxygen atoms in total. The van der Waals surface area contributed by atoms with E-state index < -0.39 is 0 Å². The van der Waals surface area contributed by atoms with Gasteiger partial charge in [0.1, 0.15) is 5.78 Å². The van der Waals surface area contributed by atoms with E-state index in [1.165, 1.54) is 11.1 Å². The summed E-state index contributed by atoms with van der Waals surface area (Å²) in [5, 5.41) is 0. The molecule has 3 rings (SSSR count). The molecule has 66 valence electrons. The van der Waals surface area contributed by atoms with Gasteiger partial charge in [0.15, 0.2) is 0 Å². The normalized spacial score (nSPS) is 33.8. The summed E-state index contributed by atoms with van der Waals surface area (Å²) < 4.78 is 0. The molecule has 2 aliphatic rings. The first-order valence-corrected chi connectivity index (χ1v) is 4.87. The molecule has 3 atom stereocenters. The zero-order valence-corrected chi connectivity index (χ0v) is 7.66. The largest absolute Gasteiger partial charge is 0.300 e. The summed E-state index contributed by atoms with van der Waals surface area (Å²) in [7, 11) is 0. The van der Waals surface area contributed by atoms with Gasteiger partial charge in [0.25, 0.3) is 0 Å². The topological polar surface area (TPSA) is 17.1 Å². The molecule has 1 aromatic rings. The third-order valence-corrected chi connectivity index (χ3v) is 3.51. The average molecular weight is 172 g/mol. The van der Waals surface area contributed by atoms with E-state index in [2.05, 4.69) is 24.3 Å². The van der Waals surface area contributed by atoms with E-state index in [0.717, 1.165) is 6.42 Å². The molecule has 0 aromatic heterocycles. The molecule has 0 heterocycles. The highest BCUT2D eigenvalue weighted by Crippen LogP contribution is 2.61. The number of ketones is 1. The van der Waals surface area contributed by atoms with Gasteiger partial charge in [0.2, 0.25) is 0 Å². The molecule has 3 unspecified atom stereocenters. The monoisotopic (exact) mass is 172 g/mol. The Morgan fingerprint density at radius 3 is 2.92 bits per heavy atom. The van der Waals surface area contributed by atoms with Crippen LogP contribution >= 0.6 is 0 Å². The molecule has 0 N–H and O–H groups in total. The number of Topliss-reactive ketones (excluding diaryl/α,β-unsaturated/α-hetero) is 1. The van der Waals surface area contributed by atoms with Gasteiger partial charge in [-0.05, 0) is 36.3 Å². The molecule has 0 radical (unpaired) electrons. The van der Waals surface area contributed by atoms with E-state index in [9.17, 15) is 4.79 Å². The minimum absolute atomic E-state index is 0.356. The van der Waals surface area contributed by atoms with Gasteiger partial charge in [-0.2, -0.15) is 0 Å². The van der Waals surface area contributed by atoms with Crippen molar-refractivity contribution in [3.63, 3.8) is 0 Å². The molecule has 0 amide bonds. The Labute approximate surface area is 77.8 Å². The van der Waals surface area contributed by atoms with Gasteiger partial charge in [-0.15, -0.1) is 0 Å². The van der Waals surface area contributed by atoms with Crippen LogP contribution in [0, 0.1) is 11.8 Å². The smallest absolute Gasteiger partial charge is 0.133 e. The highest BCUT2D eigenvalue weighted by molar-refractivity contribution is 5.84. The molecule has 1 fully saturated rings. The van der Waals surface area contributed by atoms with Crippen LogP contribution in [0.15, 0.2) is 24.3 Å². The molecule has 0 saturated heterocycles. The summed E-state index contributed by atoms with van der Waals surface area (Å²) in [5.74, 6) is 1.96. The first-order valence-electron chi connectivity index (χ1n) is 4.87. The van der Waals surface area contributed by atoms with Crippen molar-refractivity contribution in [1.82, 2.24) is 0 Å². The van der Waals surface area contributed by atoms with Crippen molar-refractivity contribution in [2.24, 2.45) is 11.8 Å². The minimum Gasteiger partial charge on any atom is -0.300 e. The third kappa shape index (κ3) is 0.846. The van der Waals surface area contributed by atoms with Gasteiger partial charge < -0.3 is 0 Å². The van der Waals surface area contributed by atoms with Crippen LogP contribution < -0.4 is 0 Å². The quantitative estimate of drug-likeness (QED) is 0.634. The Morgan fingerprint density at radius 1 is 1.38 bits per heavy atom. The van der Waals surface area contributed by atoms with Crippen LogP contribution in [-0.2, 0) is 11.2 Å². The number of rotatable bonds is 1. The number of benzene rings is 1. The predicted octanol–water partition coefficient (Wildman–Crippen LogP) is 2.16. The zero-order chi connectivity index (χ0) is 9.00. The number of hydrogen-bond donors (Lipinski definition) is 0. The highest BCUT2D eigenvalue weighted by atomic mass is 16.1. The average Bonchev–Trinajstić information content (AvgIpc) is 2.71. The van der Waals surface area contributed by atoms with Gasteiger partial charge in [-0.25, -0.2) is 0 Å². The van der Waals surface area contributed by atoms with Crippen LogP contribution in [0.4, 0.5) is 0 Å². The van der Waals surface area contributed by atoms with Crippen LogP contribution in [0.2, 0.25) is 0 Å². The van der Waals surface area contributed by atoms with E-state index in [1.54, 1.807) is 6.92 Å². The maximum atomic E-state index is 11.2. The molecule has 0 bridgehead atoms. The number of fused-ring (bicyclic) bond motifs is 3. The lowest BCUT2D eigenvalue weighted by Gasteiger charge is -2.03. The fourth-order valence-corrected chi connectivity index (χ4v) is 2.91. The van der Waals surface area contributed by atoms with Crippen molar-refractivity contribution in [2.45, 2.75) is 19.3 Å². The molecule has 1 saturated carbocycles. The van der Waals surface area contributed by atoms with Crippen molar-refractivity contribution in [1.29, 1.82) is 0 Å². The van der Waals surface area contributed by atoms with Crippen LogP contribution in [0.25, 0.3) is 0 Å². The van der Waals surface area contributed by atoms with Crippen molar-refractivity contribution in [2.75, 3.05) is 0 Å². The van der Waals surface area contributed by atoms with E-state index in [4.69, 9.17) is 0 Å². The fourth-order valence-electron chi connectivity index (χ4n) is 2.91. The molecule has 13 heavy (non-hydrogen) atoms. The SMILES string of the molecule is CC(=O)C1C2Cc3ccccc3C21. The maximum absolute atomic E-state index is 11.2. The zero-order valence-electron chi connectivity index (χ0n) is 7.66. The highest BCUT2D eigenvalue weighted by Gasteiger charge is 2.57. The Hall–Kier alpha value is -1.11. The van der Waals surface area contributed by atoms with Crippen molar-refractivity contribution in [3.8, 4) is 0 Å². The summed E-state index contributed by atoms with van der Waals surface area (Å²) in [6, 6.07) is 8.55. The second-order valence-electron chi connectivity index (χ2n) is 4.23. The van der Waals surface area contributed by atoms with E-state index in [1.807, 2.05) is 0 Å². The lowest BCUT2D eigenvalue weighted by molar-refractivity contribution is -0.118. The molecule has 1 heteroatoms. The number of carbonyl (C=O) groups is 1. The Kier molecular flexibility index (Phi) is 1.25. The van der Waals surface area contributed by atoms with E-state index in [0.29, 0.717) is 23.5 Å². The third-order valence-electron chi connectivity index (χ3n) is 3.51. The van der Waals surface area contributed by atoms with Gasteiger partial charge in [0.05, 0.1) is 0 Å². The van der Waals surface area contributed by atoms with Crippen LogP contribution in [-0.4, -0.2) is 5.78 Å². The van der Waals surface area contributed by atoms with Crippen LogP contribution in [0.1, 0.15) is 24.0 Å². The van der Waals surface area contributed by atoms with Crippen LogP contribution in [0.5, 0.6) is 0 Å². The van der Waals surface area contributed by atoms with Crippen molar-refractivity contribution >= 4 is 5.78 Å². The van der Waals surface area contributed by atoms with Gasteiger partial charge >= 0.3 is 0 Å². The summed E-state index contributed by atoms with van der Waals surface area (Å²) >= 11 is 0. The van der Waals surface area contributed by atoms with Crippen molar-refractivity contribution in [3.05, 3.63) is 35.4 Å². The molecule has 0 spiro atoms. The van der Waals surface area contributed by atoms with E-state index >= 15 is 0 Å². The molecule has 1 aromatic carbocycles. The maximum Gasteiger partial charge on any atom is 0.133 e. The predicted molar refractivity (Wildman–Crippen MR) is 50.5 cm³/mol. The second-order valence-corrected chi connectivity index (χ2v) is 4.23. The van der Waals surface area contributed by atoms with Crippen LogP contribution in [0.3, 0.4) is 0 Å². The molecular formula is C12H12O. The summed E-state index contributed by atoms with van der Waals surface area (Å²) in [6.45, 7) is 1.73. The first-order chi connectivity index (χ1) is 6.29. The minimum atomic E-state index is 0.356. The summed E-state index contributed by atoms with van der Waals surface area (Å²) in [5.41, 5.74) is 2.91. The second kappa shape index (κ2) is 2.22. The Bertz CT molecular complexity index is 380. The van der Waals surface area contributed by atoms with Gasteiger partial charge in [-0.3, -0.25) is 4.79 Å². The van der Waals surface area contributed by atoms with Crippen molar-refractivity contribution < 1.29 is 4.79 Å². The summed E-state index contributed by atoms with van der Waals surface area (Å²) in [4.78, 5) is 11.2. The number of hydrogen-bond acceptors (Lipinski definition) is 1. The van der Waals surface area contributed by atoms with Gasteiger partial charge in [-0.1, -0.05) is 24.3 Å². The molecular weight excluding hydrogens is 160 g/mol. The van der Waals surface area contributed by atoms with Gasteiger partial charge in [0, 0.05) is 5.92 Å². The molecule has 2 aliphatic carbocycles. The Balaban J connectivity index is 1.99. The Morgan fingerprint density at radius 2 is 2.15 bits per heavy atom. The first kappa shape index (κ1) is 7.31. The summed E-state index contributed by atoms with van der Waals surface area (Å²) in [6.07, 6.45) is 1.13. The fraction of sp³-hybridized carbons (Fsp3) is 0.417.